The smallest absolute Gasteiger partial charge is 0.339 e. The van der Waals surface area contributed by atoms with Crippen LogP contribution in [0.1, 0.15) is 20.7 Å². The van der Waals surface area contributed by atoms with Gasteiger partial charge in [-0.25, -0.2) is 4.79 Å². The van der Waals surface area contributed by atoms with Gasteiger partial charge in [-0.15, -0.1) is 0 Å². The van der Waals surface area contributed by atoms with Gasteiger partial charge in [0.05, 0.1) is 10.6 Å². The molecule has 0 fully saturated rings. The second-order valence-electron chi connectivity index (χ2n) is 4.12. The molecule has 0 aromatic heterocycles. The van der Waals surface area contributed by atoms with E-state index in [0.29, 0.717) is 0 Å². The summed E-state index contributed by atoms with van der Waals surface area (Å²) in [6.45, 7) is 0. The zero-order chi connectivity index (χ0) is 15.6. The number of nitrogens with one attached hydrogen (secondary N) is 1. The van der Waals surface area contributed by atoms with Crippen LogP contribution in [-0.4, -0.2) is 22.1 Å². The van der Waals surface area contributed by atoms with Crippen molar-refractivity contribution in [3.63, 3.8) is 0 Å². The molecule has 7 heteroatoms. The number of aromatic carboxylic acids is 1. The quantitative estimate of drug-likeness (QED) is 0.768. The molecule has 5 nitrogen and oxygen atoms in total. The highest BCUT2D eigenvalue weighted by molar-refractivity contribution is 9.10. The SMILES string of the molecule is O=C(O)c1ccc(NC(=O)c2ccc(Br)cc2Cl)cc1O. The van der Waals surface area contributed by atoms with Crippen LogP contribution in [0, 0.1) is 0 Å². The maximum atomic E-state index is 12.1. The minimum Gasteiger partial charge on any atom is -0.507 e. The van der Waals surface area contributed by atoms with Crippen molar-refractivity contribution in [3.05, 3.63) is 57.0 Å². The molecule has 0 spiro atoms. The van der Waals surface area contributed by atoms with Gasteiger partial charge in [-0.05, 0) is 30.3 Å². The van der Waals surface area contributed by atoms with Crippen molar-refractivity contribution < 1.29 is 19.8 Å². The number of rotatable bonds is 3. The van der Waals surface area contributed by atoms with Crippen LogP contribution in [0.4, 0.5) is 5.69 Å². The molecule has 2 aromatic rings. The molecule has 0 aliphatic rings. The van der Waals surface area contributed by atoms with E-state index in [1.165, 1.54) is 12.1 Å². The van der Waals surface area contributed by atoms with Crippen LogP contribution in [0.2, 0.25) is 5.02 Å². The molecule has 0 saturated heterocycles. The monoisotopic (exact) mass is 369 g/mol. The van der Waals surface area contributed by atoms with Crippen LogP contribution in [0.5, 0.6) is 5.75 Å². The van der Waals surface area contributed by atoms with Gasteiger partial charge in [-0.2, -0.15) is 0 Å². The summed E-state index contributed by atoms with van der Waals surface area (Å²) in [5.74, 6) is -2.14. The van der Waals surface area contributed by atoms with Crippen molar-refractivity contribution in [1.82, 2.24) is 0 Å². The van der Waals surface area contributed by atoms with Crippen LogP contribution in [0.25, 0.3) is 0 Å². The predicted molar refractivity (Wildman–Crippen MR) is 82.2 cm³/mol. The molecule has 1 amide bonds. The summed E-state index contributed by atoms with van der Waals surface area (Å²) < 4.78 is 0.743. The van der Waals surface area contributed by atoms with Crippen molar-refractivity contribution in [2.24, 2.45) is 0 Å². The van der Waals surface area contributed by atoms with Gasteiger partial charge in [0, 0.05) is 16.2 Å². The van der Waals surface area contributed by atoms with Gasteiger partial charge in [0.15, 0.2) is 0 Å². The van der Waals surface area contributed by atoms with Crippen LogP contribution >= 0.6 is 27.5 Å². The maximum Gasteiger partial charge on any atom is 0.339 e. The number of carboxylic acid groups (broad SMARTS) is 1. The first-order valence-electron chi connectivity index (χ1n) is 5.71. The van der Waals surface area contributed by atoms with Crippen molar-refractivity contribution in [3.8, 4) is 5.75 Å². The minimum absolute atomic E-state index is 0.241. The van der Waals surface area contributed by atoms with E-state index in [1.807, 2.05) is 0 Å². The fraction of sp³-hybridized carbons (Fsp3) is 0. The Morgan fingerprint density at radius 3 is 2.33 bits per heavy atom. The van der Waals surface area contributed by atoms with Gasteiger partial charge >= 0.3 is 5.97 Å². The molecule has 0 heterocycles. The molecule has 0 radical (unpaired) electrons. The van der Waals surface area contributed by atoms with E-state index in [0.717, 1.165) is 10.5 Å². The summed E-state index contributed by atoms with van der Waals surface area (Å²) in [5, 5.41) is 21.2. The average Bonchev–Trinajstić information content (AvgIpc) is 2.37. The first-order valence-corrected chi connectivity index (χ1v) is 6.88. The third-order valence-electron chi connectivity index (χ3n) is 2.66. The second-order valence-corrected chi connectivity index (χ2v) is 5.44. The fourth-order valence-electron chi connectivity index (χ4n) is 1.66. The van der Waals surface area contributed by atoms with Crippen molar-refractivity contribution in [2.75, 3.05) is 5.32 Å². The van der Waals surface area contributed by atoms with E-state index in [-0.39, 0.29) is 21.8 Å². The van der Waals surface area contributed by atoms with Gasteiger partial charge in [0.1, 0.15) is 11.3 Å². The molecular formula is C14H9BrClNO4. The highest BCUT2D eigenvalue weighted by Gasteiger charge is 2.13. The van der Waals surface area contributed by atoms with E-state index in [4.69, 9.17) is 16.7 Å². The number of aromatic hydroxyl groups is 1. The highest BCUT2D eigenvalue weighted by Crippen LogP contribution is 2.25. The molecule has 2 rings (SSSR count). The lowest BCUT2D eigenvalue weighted by Gasteiger charge is -2.08. The van der Waals surface area contributed by atoms with Gasteiger partial charge in [-0.3, -0.25) is 4.79 Å². The Hall–Kier alpha value is -2.05. The second kappa shape index (κ2) is 6.15. The van der Waals surface area contributed by atoms with Crippen molar-refractivity contribution in [2.45, 2.75) is 0 Å². The van der Waals surface area contributed by atoms with Crippen LogP contribution < -0.4 is 5.32 Å². The molecular weight excluding hydrogens is 362 g/mol. The van der Waals surface area contributed by atoms with Crippen LogP contribution in [0.3, 0.4) is 0 Å². The number of benzene rings is 2. The Balaban J connectivity index is 2.23. The van der Waals surface area contributed by atoms with E-state index in [1.54, 1.807) is 18.2 Å². The molecule has 0 saturated carbocycles. The summed E-state index contributed by atoms with van der Waals surface area (Å²) in [4.78, 5) is 22.9. The molecule has 0 bridgehead atoms. The average molecular weight is 371 g/mol. The Kier molecular flexibility index (Phi) is 4.50. The summed E-state index contributed by atoms with van der Waals surface area (Å²) in [6, 6.07) is 8.55. The van der Waals surface area contributed by atoms with Crippen LogP contribution in [-0.2, 0) is 0 Å². The number of hydrogen-bond donors (Lipinski definition) is 3. The first-order chi connectivity index (χ1) is 9.88. The topological polar surface area (TPSA) is 86.6 Å². The van der Waals surface area contributed by atoms with Gasteiger partial charge in [0.25, 0.3) is 5.91 Å². The number of phenols is 1. The Morgan fingerprint density at radius 1 is 1.10 bits per heavy atom. The molecule has 3 N–H and O–H groups in total. The molecule has 0 aliphatic carbocycles. The highest BCUT2D eigenvalue weighted by atomic mass is 79.9. The molecule has 21 heavy (non-hydrogen) atoms. The number of anilines is 1. The Morgan fingerprint density at radius 2 is 1.76 bits per heavy atom. The van der Waals surface area contributed by atoms with Gasteiger partial charge in [-0.1, -0.05) is 27.5 Å². The lowest BCUT2D eigenvalue weighted by atomic mass is 10.1. The molecule has 2 aromatic carbocycles. The number of halogens is 2. The third kappa shape index (κ3) is 3.53. The number of hydrogen-bond acceptors (Lipinski definition) is 3. The Labute approximate surface area is 133 Å². The fourth-order valence-corrected chi connectivity index (χ4v) is 2.42. The predicted octanol–water partition coefficient (Wildman–Crippen LogP) is 3.76. The standard InChI is InChI=1S/C14H9BrClNO4/c15-7-1-3-9(11(16)5-7)13(19)17-8-2-4-10(14(20)21)12(18)6-8/h1-6,18H,(H,17,19)(H,20,21). The van der Waals surface area contributed by atoms with E-state index in [9.17, 15) is 14.7 Å². The minimum atomic E-state index is -1.25. The molecule has 0 atom stereocenters. The zero-order valence-electron chi connectivity index (χ0n) is 10.4. The summed E-state index contributed by atoms with van der Waals surface area (Å²) in [7, 11) is 0. The number of amides is 1. The summed E-state index contributed by atoms with van der Waals surface area (Å²) in [6.07, 6.45) is 0. The normalized spacial score (nSPS) is 10.2. The van der Waals surface area contributed by atoms with Crippen LogP contribution in [0.15, 0.2) is 40.9 Å². The summed E-state index contributed by atoms with van der Waals surface area (Å²) in [5.41, 5.74) is 0.290. The number of carbonyl (C=O) groups excluding carboxylic acids is 1. The zero-order valence-corrected chi connectivity index (χ0v) is 12.8. The number of carboxylic acids is 1. The maximum absolute atomic E-state index is 12.1. The summed E-state index contributed by atoms with van der Waals surface area (Å²) >= 11 is 9.21. The van der Waals surface area contributed by atoms with E-state index < -0.39 is 17.6 Å². The molecule has 0 aliphatic heterocycles. The van der Waals surface area contributed by atoms with Gasteiger partial charge < -0.3 is 15.5 Å². The molecule has 108 valence electrons. The van der Waals surface area contributed by atoms with Crippen molar-refractivity contribution >= 4 is 45.1 Å². The van der Waals surface area contributed by atoms with Gasteiger partial charge in [0.2, 0.25) is 0 Å². The van der Waals surface area contributed by atoms with E-state index >= 15 is 0 Å². The number of carbonyl (C=O) groups is 2. The Bertz CT molecular complexity index is 733. The lowest BCUT2D eigenvalue weighted by Crippen LogP contribution is -2.12. The lowest BCUT2D eigenvalue weighted by molar-refractivity contribution is 0.0693. The van der Waals surface area contributed by atoms with Crippen molar-refractivity contribution in [1.29, 1.82) is 0 Å². The van der Waals surface area contributed by atoms with E-state index in [2.05, 4.69) is 21.2 Å². The first kappa shape index (κ1) is 15.3. The largest absolute Gasteiger partial charge is 0.507 e. The molecule has 0 unspecified atom stereocenters. The third-order valence-corrected chi connectivity index (χ3v) is 3.47.